The van der Waals surface area contributed by atoms with Gasteiger partial charge >= 0.3 is 0 Å². The van der Waals surface area contributed by atoms with E-state index in [1.165, 1.54) is 0 Å². The van der Waals surface area contributed by atoms with Crippen molar-refractivity contribution in [2.24, 2.45) is 0 Å². The molecule has 2 atom stereocenters. The van der Waals surface area contributed by atoms with Gasteiger partial charge in [0.25, 0.3) is 0 Å². The summed E-state index contributed by atoms with van der Waals surface area (Å²) in [6, 6.07) is 10.4. The summed E-state index contributed by atoms with van der Waals surface area (Å²) < 4.78 is 11.5. The van der Waals surface area contributed by atoms with Crippen LogP contribution in [0.3, 0.4) is 0 Å². The second-order valence-corrected chi connectivity index (χ2v) is 7.09. The van der Waals surface area contributed by atoms with Crippen LogP contribution in [0.15, 0.2) is 36.4 Å². The number of ketones is 2. The van der Waals surface area contributed by atoms with E-state index < -0.39 is 12.2 Å². The van der Waals surface area contributed by atoms with Crippen molar-refractivity contribution in [3.8, 4) is 11.5 Å². The fourth-order valence-corrected chi connectivity index (χ4v) is 3.89. The Balaban J connectivity index is 1.44. The summed E-state index contributed by atoms with van der Waals surface area (Å²) in [6.45, 7) is 0.362. The standard InChI is InChI=1S/C22H22O6/c23-15-7-9-17(25)21-13(15)3-1-5-19(21)27-11-12-28-20-6-2-4-14-16(24)8-10-18(26)22(14)20/h1-6,15-16,23-24H,7-12H2. The van der Waals surface area contributed by atoms with E-state index in [2.05, 4.69) is 0 Å². The number of aliphatic hydroxyl groups is 2. The van der Waals surface area contributed by atoms with E-state index in [1.54, 1.807) is 36.4 Å². The lowest BCUT2D eigenvalue weighted by Gasteiger charge is -2.23. The highest BCUT2D eigenvalue weighted by molar-refractivity contribution is 6.01. The molecule has 6 heteroatoms. The molecule has 0 saturated heterocycles. The normalized spacial score (nSPS) is 21.1. The van der Waals surface area contributed by atoms with Crippen LogP contribution >= 0.6 is 0 Å². The van der Waals surface area contributed by atoms with E-state index >= 15 is 0 Å². The summed E-state index contributed by atoms with van der Waals surface area (Å²) in [5.74, 6) is 0.806. The fourth-order valence-electron chi connectivity index (χ4n) is 3.89. The first-order valence-corrected chi connectivity index (χ1v) is 9.50. The fraction of sp³-hybridized carbons (Fsp3) is 0.364. The average molecular weight is 382 g/mol. The van der Waals surface area contributed by atoms with Crippen molar-refractivity contribution in [2.45, 2.75) is 37.9 Å². The highest BCUT2D eigenvalue weighted by Gasteiger charge is 2.28. The molecule has 2 aliphatic rings. The van der Waals surface area contributed by atoms with Crippen molar-refractivity contribution in [1.29, 1.82) is 0 Å². The molecule has 0 fully saturated rings. The van der Waals surface area contributed by atoms with Crippen molar-refractivity contribution in [3.63, 3.8) is 0 Å². The van der Waals surface area contributed by atoms with Gasteiger partial charge in [-0.2, -0.15) is 0 Å². The van der Waals surface area contributed by atoms with E-state index in [-0.39, 0.29) is 24.8 Å². The molecule has 0 bridgehead atoms. The number of Topliss-reactive ketones (excluding diaryl/α,β-unsaturated/α-hetero) is 2. The molecular formula is C22H22O6. The molecule has 0 spiro atoms. The largest absolute Gasteiger partial charge is 0.489 e. The van der Waals surface area contributed by atoms with Crippen molar-refractivity contribution < 1.29 is 29.3 Å². The number of rotatable bonds is 5. The maximum atomic E-state index is 12.2. The van der Waals surface area contributed by atoms with Crippen molar-refractivity contribution in [3.05, 3.63) is 58.7 Å². The van der Waals surface area contributed by atoms with E-state index in [1.807, 2.05) is 0 Å². The second kappa shape index (κ2) is 7.73. The minimum absolute atomic E-state index is 0.0338. The maximum absolute atomic E-state index is 12.2. The molecule has 146 valence electrons. The van der Waals surface area contributed by atoms with Crippen LogP contribution in [0.2, 0.25) is 0 Å². The Hall–Kier alpha value is -2.70. The van der Waals surface area contributed by atoms with Gasteiger partial charge in [-0.3, -0.25) is 9.59 Å². The highest BCUT2D eigenvalue weighted by atomic mass is 16.5. The van der Waals surface area contributed by atoms with Crippen LogP contribution in [-0.2, 0) is 0 Å². The van der Waals surface area contributed by atoms with Crippen LogP contribution in [-0.4, -0.2) is 35.0 Å². The summed E-state index contributed by atoms with van der Waals surface area (Å²) in [7, 11) is 0. The minimum atomic E-state index is -0.652. The molecule has 2 unspecified atom stereocenters. The lowest BCUT2D eigenvalue weighted by Crippen LogP contribution is -2.19. The van der Waals surface area contributed by atoms with Gasteiger partial charge in [-0.15, -0.1) is 0 Å². The zero-order chi connectivity index (χ0) is 19.7. The molecule has 28 heavy (non-hydrogen) atoms. The molecule has 2 aliphatic carbocycles. The number of hydrogen-bond donors (Lipinski definition) is 2. The Kier molecular flexibility index (Phi) is 5.15. The highest BCUT2D eigenvalue weighted by Crippen LogP contribution is 2.36. The van der Waals surface area contributed by atoms with Crippen LogP contribution in [0.4, 0.5) is 0 Å². The number of carbonyl (C=O) groups excluding carboxylic acids is 2. The van der Waals surface area contributed by atoms with Gasteiger partial charge in [-0.05, 0) is 36.1 Å². The Labute approximate surface area is 162 Å². The predicted octanol–water partition coefficient (Wildman–Crippen LogP) is 3.16. The summed E-state index contributed by atoms with van der Waals surface area (Å²) in [5, 5.41) is 20.2. The number of aliphatic hydroxyl groups excluding tert-OH is 2. The minimum Gasteiger partial charge on any atom is -0.489 e. The second-order valence-electron chi connectivity index (χ2n) is 7.09. The first kappa shape index (κ1) is 18.7. The predicted molar refractivity (Wildman–Crippen MR) is 101 cm³/mol. The van der Waals surface area contributed by atoms with Crippen LogP contribution in [0.1, 0.15) is 69.7 Å². The lowest BCUT2D eigenvalue weighted by atomic mass is 9.88. The summed E-state index contributed by atoms with van der Waals surface area (Å²) >= 11 is 0. The topological polar surface area (TPSA) is 93.1 Å². The Morgan fingerprint density at radius 3 is 1.61 bits per heavy atom. The maximum Gasteiger partial charge on any atom is 0.167 e. The first-order chi connectivity index (χ1) is 13.6. The smallest absolute Gasteiger partial charge is 0.167 e. The summed E-state index contributed by atoms with van der Waals surface area (Å²) in [5.41, 5.74) is 2.09. The average Bonchev–Trinajstić information content (AvgIpc) is 2.71. The van der Waals surface area contributed by atoms with Crippen molar-refractivity contribution in [2.75, 3.05) is 13.2 Å². The zero-order valence-corrected chi connectivity index (χ0v) is 15.4. The van der Waals surface area contributed by atoms with Crippen LogP contribution in [0.25, 0.3) is 0 Å². The molecule has 0 amide bonds. The molecule has 2 aromatic carbocycles. The molecule has 0 heterocycles. The van der Waals surface area contributed by atoms with Crippen LogP contribution in [0, 0.1) is 0 Å². The third-order valence-electron chi connectivity index (χ3n) is 5.28. The Morgan fingerprint density at radius 1 is 0.750 bits per heavy atom. The van der Waals surface area contributed by atoms with Gasteiger partial charge in [0.05, 0.1) is 23.3 Å². The quantitative estimate of drug-likeness (QED) is 0.772. The molecule has 2 aromatic rings. The lowest BCUT2D eigenvalue weighted by molar-refractivity contribution is 0.0880. The van der Waals surface area contributed by atoms with Gasteiger partial charge in [-0.1, -0.05) is 24.3 Å². The molecule has 0 aromatic heterocycles. The number of ether oxygens (including phenoxy) is 2. The van der Waals surface area contributed by atoms with E-state index in [0.29, 0.717) is 59.4 Å². The van der Waals surface area contributed by atoms with E-state index in [9.17, 15) is 19.8 Å². The number of hydrogen-bond acceptors (Lipinski definition) is 6. The van der Waals surface area contributed by atoms with Gasteiger partial charge in [0.1, 0.15) is 24.7 Å². The van der Waals surface area contributed by atoms with Gasteiger partial charge in [0.15, 0.2) is 11.6 Å². The van der Waals surface area contributed by atoms with Crippen LogP contribution < -0.4 is 9.47 Å². The van der Waals surface area contributed by atoms with Crippen molar-refractivity contribution in [1.82, 2.24) is 0 Å². The zero-order valence-electron chi connectivity index (χ0n) is 15.4. The molecule has 4 rings (SSSR count). The van der Waals surface area contributed by atoms with Crippen molar-refractivity contribution >= 4 is 11.6 Å². The van der Waals surface area contributed by atoms with Crippen LogP contribution in [0.5, 0.6) is 11.5 Å². The van der Waals surface area contributed by atoms with Gasteiger partial charge in [-0.25, -0.2) is 0 Å². The molecular weight excluding hydrogens is 360 g/mol. The number of benzene rings is 2. The van der Waals surface area contributed by atoms with E-state index in [0.717, 1.165) is 0 Å². The number of carbonyl (C=O) groups is 2. The van der Waals surface area contributed by atoms with E-state index in [4.69, 9.17) is 9.47 Å². The third-order valence-corrected chi connectivity index (χ3v) is 5.28. The molecule has 6 nitrogen and oxygen atoms in total. The first-order valence-electron chi connectivity index (χ1n) is 9.50. The third kappa shape index (κ3) is 3.41. The Bertz CT molecular complexity index is 844. The molecule has 0 saturated carbocycles. The monoisotopic (exact) mass is 382 g/mol. The summed E-state index contributed by atoms with van der Waals surface area (Å²) in [4.78, 5) is 24.5. The molecule has 0 aliphatic heterocycles. The Morgan fingerprint density at radius 2 is 1.18 bits per heavy atom. The SMILES string of the molecule is O=C1CCC(O)c2cccc(OCCOc3cccc4c3C(=O)CCC4O)c21. The number of fused-ring (bicyclic) bond motifs is 2. The van der Waals surface area contributed by atoms with Gasteiger partial charge in [0.2, 0.25) is 0 Å². The van der Waals surface area contributed by atoms with Gasteiger partial charge in [0, 0.05) is 12.8 Å². The molecule has 2 N–H and O–H groups in total. The van der Waals surface area contributed by atoms with Gasteiger partial charge < -0.3 is 19.7 Å². The molecule has 0 radical (unpaired) electrons. The summed E-state index contributed by atoms with van der Waals surface area (Å²) in [6.07, 6.45) is 0.146.